The summed E-state index contributed by atoms with van der Waals surface area (Å²) < 4.78 is 11.7. The van der Waals surface area contributed by atoms with Crippen LogP contribution >= 0.6 is 0 Å². The molecule has 0 aliphatic carbocycles. The molecule has 2 aliphatic heterocycles. The van der Waals surface area contributed by atoms with Gasteiger partial charge >= 0.3 is 5.97 Å². The molecule has 10 heteroatoms. The zero-order chi connectivity index (χ0) is 28.1. The number of nitrogens with zero attached hydrogens (tertiary/aromatic N) is 4. The van der Waals surface area contributed by atoms with E-state index in [1.54, 1.807) is 31.5 Å². The fourth-order valence-electron chi connectivity index (χ4n) is 5.30. The molecule has 206 valence electrons. The lowest BCUT2D eigenvalue weighted by Gasteiger charge is -2.36. The lowest BCUT2D eigenvalue weighted by molar-refractivity contribution is -0.130. The van der Waals surface area contributed by atoms with Crippen LogP contribution in [0.3, 0.4) is 0 Å². The number of aromatic nitrogens is 3. The number of pyridine rings is 3. The molecule has 0 bridgehead atoms. The van der Waals surface area contributed by atoms with Crippen LogP contribution in [-0.2, 0) is 15.1 Å². The second kappa shape index (κ2) is 9.75. The molecule has 1 amide bonds. The quantitative estimate of drug-likeness (QED) is 0.443. The third-order valence-corrected chi connectivity index (χ3v) is 7.83. The number of hydrogen-bond acceptors (Lipinski definition) is 9. The van der Waals surface area contributed by atoms with Crippen molar-refractivity contribution in [1.29, 1.82) is 0 Å². The zero-order valence-corrected chi connectivity index (χ0v) is 23.4. The van der Waals surface area contributed by atoms with Gasteiger partial charge in [0.2, 0.25) is 11.8 Å². The Labute approximate surface area is 228 Å². The highest BCUT2D eigenvalue weighted by Crippen LogP contribution is 2.38. The van der Waals surface area contributed by atoms with E-state index in [4.69, 9.17) is 20.2 Å². The predicted molar refractivity (Wildman–Crippen MR) is 148 cm³/mol. The Morgan fingerprint density at radius 2 is 2.00 bits per heavy atom. The van der Waals surface area contributed by atoms with E-state index in [1.165, 1.54) is 0 Å². The molecule has 2 atom stereocenters. The van der Waals surface area contributed by atoms with Gasteiger partial charge in [-0.05, 0) is 69.7 Å². The maximum absolute atomic E-state index is 12.5. The number of hydrogen-bond donors (Lipinski definition) is 2. The molecule has 39 heavy (non-hydrogen) atoms. The lowest BCUT2D eigenvalue weighted by atomic mass is 9.84. The Balaban J connectivity index is 1.46. The summed E-state index contributed by atoms with van der Waals surface area (Å²) in [6, 6.07) is 5.42. The molecule has 1 fully saturated rings. The Bertz CT molecular complexity index is 1450. The Hall–Kier alpha value is -3.79. The molecule has 0 aromatic carbocycles. The maximum Gasteiger partial charge on any atom is 0.340 e. The van der Waals surface area contributed by atoms with Crippen molar-refractivity contribution in [2.45, 2.75) is 77.5 Å². The average Bonchev–Trinajstić information content (AvgIpc) is 3.34. The molecule has 10 nitrogen and oxygen atoms in total. The van der Waals surface area contributed by atoms with E-state index in [0.717, 1.165) is 35.7 Å². The first-order valence-electron chi connectivity index (χ1n) is 13.3. The first-order valence-corrected chi connectivity index (χ1v) is 13.3. The van der Waals surface area contributed by atoms with Gasteiger partial charge in [-0.25, -0.2) is 19.7 Å². The van der Waals surface area contributed by atoms with Crippen molar-refractivity contribution in [2.24, 2.45) is 5.73 Å². The molecule has 3 aromatic rings. The van der Waals surface area contributed by atoms with E-state index >= 15 is 0 Å². The molecule has 0 spiro atoms. The summed E-state index contributed by atoms with van der Waals surface area (Å²) >= 11 is 0. The van der Waals surface area contributed by atoms with E-state index in [2.05, 4.69) is 15.3 Å². The largest absolute Gasteiger partial charge is 0.475 e. The highest BCUT2D eigenvalue weighted by molar-refractivity contribution is 5.93. The third kappa shape index (κ3) is 5.13. The summed E-state index contributed by atoms with van der Waals surface area (Å²) in [5.41, 5.74) is 7.21. The topological polar surface area (TPSA) is 133 Å². The molecule has 3 aromatic heterocycles. The maximum atomic E-state index is 12.5. The van der Waals surface area contributed by atoms with Gasteiger partial charge in [-0.2, -0.15) is 0 Å². The second-order valence-corrected chi connectivity index (χ2v) is 11.6. The van der Waals surface area contributed by atoms with Crippen molar-refractivity contribution in [3.63, 3.8) is 0 Å². The monoisotopic (exact) mass is 532 g/mol. The number of nitrogens with two attached hydrogens (primary N) is 1. The Morgan fingerprint density at radius 3 is 2.72 bits per heavy atom. The lowest BCUT2D eigenvalue weighted by Crippen LogP contribution is -2.39. The van der Waals surface area contributed by atoms with E-state index in [9.17, 15) is 9.59 Å². The van der Waals surface area contributed by atoms with E-state index < -0.39 is 11.1 Å². The second-order valence-electron chi connectivity index (χ2n) is 11.6. The molecular weight excluding hydrogens is 496 g/mol. The third-order valence-electron chi connectivity index (χ3n) is 7.83. The molecule has 5 rings (SSSR count). The zero-order valence-electron chi connectivity index (χ0n) is 23.4. The number of fused-ring (bicyclic) bond motifs is 2. The number of carbonyl (C=O) groups excluding carboxylic acids is 2. The number of ether oxygens (including phenoxy) is 2. The number of amides is 1. The standard InChI is InChI=1S/C29H36N6O4/c1-16-25-19(27(37)39-29(16,5)6)9-10-23(34-25)33-24-12-20-21(13-31-24)26(32-14-22(20)28(3,4)30)38-15-18-8-7-11-35(18)17(2)36/h9-10,12-14,16,18H,7-8,11,15,30H2,1-6H3,(H,31,33,34)/t16-,18-/m1/s1. The summed E-state index contributed by atoms with van der Waals surface area (Å²) in [6.07, 6.45) is 5.32. The summed E-state index contributed by atoms with van der Waals surface area (Å²) in [5.74, 6) is 1.21. The number of anilines is 2. The highest BCUT2D eigenvalue weighted by atomic mass is 16.6. The van der Waals surface area contributed by atoms with Crippen LogP contribution in [0.15, 0.2) is 30.6 Å². The molecule has 3 N–H and O–H groups in total. The number of nitrogens with one attached hydrogen (secondary N) is 1. The first kappa shape index (κ1) is 26.8. The normalized spacial score (nSPS) is 20.5. The molecule has 0 radical (unpaired) electrons. The number of cyclic esters (lactones) is 1. The van der Waals surface area contributed by atoms with Crippen molar-refractivity contribution in [3.8, 4) is 5.88 Å². The van der Waals surface area contributed by atoms with Crippen LogP contribution in [0.25, 0.3) is 10.8 Å². The molecule has 5 heterocycles. The number of likely N-dealkylation sites (tertiary alicyclic amines) is 1. The SMILES string of the molecule is CC(=O)N1CCC[C@@H]1COc1ncc(C(C)(C)N)c2cc(Nc3ccc4c(n3)[C@@H](C)C(C)(C)OC4=O)ncc12. The van der Waals surface area contributed by atoms with Gasteiger partial charge in [0.05, 0.1) is 22.7 Å². The molecule has 0 saturated carbocycles. The van der Waals surface area contributed by atoms with Crippen LogP contribution in [0.1, 0.15) is 81.9 Å². The van der Waals surface area contributed by atoms with Crippen LogP contribution < -0.4 is 15.8 Å². The van der Waals surface area contributed by atoms with Gasteiger partial charge in [0.25, 0.3) is 0 Å². The van der Waals surface area contributed by atoms with Gasteiger partial charge in [0, 0.05) is 37.3 Å². The fraction of sp³-hybridized carbons (Fsp3) is 0.483. The minimum Gasteiger partial charge on any atom is -0.475 e. The number of esters is 1. The number of rotatable bonds is 6. The van der Waals surface area contributed by atoms with Gasteiger partial charge in [0.15, 0.2) is 0 Å². The molecular formula is C29H36N6O4. The van der Waals surface area contributed by atoms with Crippen molar-refractivity contribution in [1.82, 2.24) is 19.9 Å². The van der Waals surface area contributed by atoms with Crippen molar-refractivity contribution in [2.75, 3.05) is 18.5 Å². The number of carbonyl (C=O) groups is 2. The average molecular weight is 533 g/mol. The predicted octanol–water partition coefficient (Wildman–Crippen LogP) is 4.40. The van der Waals surface area contributed by atoms with Gasteiger partial charge in [-0.15, -0.1) is 0 Å². The van der Waals surface area contributed by atoms with Crippen LogP contribution in [0.4, 0.5) is 11.6 Å². The van der Waals surface area contributed by atoms with Gasteiger partial charge in [0.1, 0.15) is 23.8 Å². The fourth-order valence-corrected chi connectivity index (χ4v) is 5.30. The first-order chi connectivity index (χ1) is 18.3. The molecule has 1 saturated heterocycles. The Kier molecular flexibility index (Phi) is 6.70. The van der Waals surface area contributed by atoms with Crippen LogP contribution in [0.2, 0.25) is 0 Å². The summed E-state index contributed by atoms with van der Waals surface area (Å²) in [5, 5.41) is 4.88. The summed E-state index contributed by atoms with van der Waals surface area (Å²) in [7, 11) is 0. The highest BCUT2D eigenvalue weighted by Gasteiger charge is 2.40. The van der Waals surface area contributed by atoms with Crippen molar-refractivity contribution >= 4 is 34.3 Å². The van der Waals surface area contributed by atoms with E-state index in [0.29, 0.717) is 35.4 Å². The van der Waals surface area contributed by atoms with Gasteiger partial charge < -0.3 is 25.4 Å². The Morgan fingerprint density at radius 1 is 1.23 bits per heavy atom. The van der Waals surface area contributed by atoms with Crippen molar-refractivity contribution < 1.29 is 19.1 Å². The minimum atomic E-state index is -0.662. The summed E-state index contributed by atoms with van der Waals surface area (Å²) in [4.78, 5) is 40.2. The van der Waals surface area contributed by atoms with Gasteiger partial charge in [-0.1, -0.05) is 6.92 Å². The van der Waals surface area contributed by atoms with Crippen LogP contribution in [0, 0.1) is 0 Å². The smallest absolute Gasteiger partial charge is 0.340 e. The van der Waals surface area contributed by atoms with E-state index in [-0.39, 0.29) is 23.8 Å². The van der Waals surface area contributed by atoms with Crippen molar-refractivity contribution in [3.05, 3.63) is 47.4 Å². The van der Waals surface area contributed by atoms with Gasteiger partial charge in [-0.3, -0.25) is 4.79 Å². The molecule has 2 aliphatic rings. The minimum absolute atomic E-state index is 0.0265. The van der Waals surface area contributed by atoms with E-state index in [1.807, 2.05) is 45.6 Å². The van der Waals surface area contributed by atoms with Crippen LogP contribution in [-0.4, -0.2) is 56.5 Å². The summed E-state index contributed by atoms with van der Waals surface area (Å²) in [6.45, 7) is 12.3. The van der Waals surface area contributed by atoms with Crippen LogP contribution in [0.5, 0.6) is 5.88 Å². The molecule has 0 unspecified atom stereocenters.